The van der Waals surface area contributed by atoms with E-state index in [9.17, 15) is 4.79 Å². The highest BCUT2D eigenvalue weighted by molar-refractivity contribution is 5.90. The SMILES string of the molecule is COc1cccc(NC(=O)NC2(CO)CC2)c1. The van der Waals surface area contributed by atoms with E-state index in [2.05, 4.69) is 10.6 Å². The molecule has 0 spiro atoms. The molecular formula is C12H16N2O3. The Hall–Kier alpha value is -1.75. The van der Waals surface area contributed by atoms with Crippen LogP contribution >= 0.6 is 0 Å². The molecule has 2 amide bonds. The average molecular weight is 236 g/mol. The molecule has 0 bridgehead atoms. The molecule has 1 fully saturated rings. The number of aliphatic hydroxyl groups is 1. The molecule has 0 saturated heterocycles. The molecule has 0 heterocycles. The third-order valence-electron chi connectivity index (χ3n) is 2.86. The van der Waals surface area contributed by atoms with Gasteiger partial charge < -0.3 is 20.5 Å². The van der Waals surface area contributed by atoms with Crippen molar-refractivity contribution in [2.75, 3.05) is 19.0 Å². The first-order valence-corrected chi connectivity index (χ1v) is 5.51. The van der Waals surface area contributed by atoms with Gasteiger partial charge in [-0.3, -0.25) is 0 Å². The van der Waals surface area contributed by atoms with Gasteiger partial charge in [-0.1, -0.05) is 6.07 Å². The van der Waals surface area contributed by atoms with Crippen molar-refractivity contribution < 1.29 is 14.6 Å². The number of nitrogens with one attached hydrogen (secondary N) is 2. The lowest BCUT2D eigenvalue weighted by molar-refractivity contribution is 0.217. The summed E-state index contributed by atoms with van der Waals surface area (Å²) in [5.74, 6) is 0.686. The van der Waals surface area contributed by atoms with Gasteiger partial charge in [-0.15, -0.1) is 0 Å². The molecule has 92 valence electrons. The number of hydrogen-bond donors (Lipinski definition) is 3. The van der Waals surface area contributed by atoms with Crippen LogP contribution in [0.2, 0.25) is 0 Å². The first-order valence-electron chi connectivity index (χ1n) is 5.51. The Morgan fingerprint density at radius 3 is 2.88 bits per heavy atom. The predicted octanol–water partition coefficient (Wildman–Crippen LogP) is 1.34. The number of carbonyl (C=O) groups excluding carboxylic acids is 1. The minimum absolute atomic E-state index is 0.0153. The second-order valence-corrected chi connectivity index (χ2v) is 4.25. The van der Waals surface area contributed by atoms with Crippen LogP contribution in [0.5, 0.6) is 5.75 Å². The van der Waals surface area contributed by atoms with Crippen molar-refractivity contribution in [3.05, 3.63) is 24.3 Å². The molecule has 0 aliphatic heterocycles. The van der Waals surface area contributed by atoms with Crippen molar-refractivity contribution in [1.82, 2.24) is 5.32 Å². The highest BCUT2D eigenvalue weighted by Gasteiger charge is 2.43. The number of benzene rings is 1. The molecule has 1 saturated carbocycles. The average Bonchev–Trinajstić information content (AvgIpc) is 3.09. The fourth-order valence-electron chi connectivity index (χ4n) is 1.58. The van der Waals surface area contributed by atoms with Crippen molar-refractivity contribution >= 4 is 11.7 Å². The van der Waals surface area contributed by atoms with E-state index >= 15 is 0 Å². The maximum absolute atomic E-state index is 11.7. The van der Waals surface area contributed by atoms with E-state index in [1.165, 1.54) is 0 Å². The van der Waals surface area contributed by atoms with Crippen LogP contribution in [0.25, 0.3) is 0 Å². The van der Waals surface area contributed by atoms with Gasteiger partial charge in [0.25, 0.3) is 0 Å². The summed E-state index contributed by atoms with van der Waals surface area (Å²) >= 11 is 0. The summed E-state index contributed by atoms with van der Waals surface area (Å²) in [7, 11) is 1.57. The molecule has 2 rings (SSSR count). The molecular weight excluding hydrogens is 220 g/mol. The van der Waals surface area contributed by atoms with Crippen molar-refractivity contribution in [3.8, 4) is 5.75 Å². The minimum Gasteiger partial charge on any atom is -0.497 e. The molecule has 1 aromatic rings. The second kappa shape index (κ2) is 4.63. The van der Waals surface area contributed by atoms with Crippen LogP contribution in [0, 0.1) is 0 Å². The Morgan fingerprint density at radius 2 is 2.29 bits per heavy atom. The van der Waals surface area contributed by atoms with Crippen LogP contribution in [0.15, 0.2) is 24.3 Å². The number of anilines is 1. The number of carbonyl (C=O) groups is 1. The highest BCUT2D eigenvalue weighted by atomic mass is 16.5. The molecule has 17 heavy (non-hydrogen) atoms. The summed E-state index contributed by atoms with van der Waals surface area (Å²) in [6, 6.07) is 6.82. The van der Waals surface area contributed by atoms with Crippen LogP contribution in [0.1, 0.15) is 12.8 Å². The third kappa shape index (κ3) is 2.88. The maximum Gasteiger partial charge on any atom is 0.319 e. The Bertz CT molecular complexity index is 416. The topological polar surface area (TPSA) is 70.6 Å². The lowest BCUT2D eigenvalue weighted by atomic mass is 10.3. The van der Waals surface area contributed by atoms with Crippen LogP contribution in [0.4, 0.5) is 10.5 Å². The van der Waals surface area contributed by atoms with Gasteiger partial charge >= 0.3 is 6.03 Å². The summed E-state index contributed by atoms with van der Waals surface area (Å²) in [5, 5.41) is 14.6. The number of urea groups is 1. The Morgan fingerprint density at radius 1 is 1.53 bits per heavy atom. The Labute approximate surface area is 99.8 Å². The molecule has 3 N–H and O–H groups in total. The van der Waals surface area contributed by atoms with Crippen LogP contribution in [0.3, 0.4) is 0 Å². The lowest BCUT2D eigenvalue weighted by Crippen LogP contribution is -2.42. The van der Waals surface area contributed by atoms with Gasteiger partial charge in [0.05, 0.1) is 19.3 Å². The number of hydrogen-bond acceptors (Lipinski definition) is 3. The fraction of sp³-hybridized carbons (Fsp3) is 0.417. The molecule has 1 aliphatic rings. The first kappa shape index (κ1) is 11.7. The fourth-order valence-corrected chi connectivity index (χ4v) is 1.58. The Balaban J connectivity index is 1.93. The molecule has 5 nitrogen and oxygen atoms in total. The third-order valence-corrected chi connectivity index (χ3v) is 2.86. The highest BCUT2D eigenvalue weighted by Crippen LogP contribution is 2.34. The largest absolute Gasteiger partial charge is 0.497 e. The lowest BCUT2D eigenvalue weighted by Gasteiger charge is -2.15. The summed E-state index contributed by atoms with van der Waals surface area (Å²) in [5.41, 5.74) is 0.263. The monoisotopic (exact) mass is 236 g/mol. The molecule has 1 aromatic carbocycles. The van der Waals surface area contributed by atoms with E-state index in [4.69, 9.17) is 9.84 Å². The molecule has 0 aromatic heterocycles. The van der Waals surface area contributed by atoms with Gasteiger partial charge in [0.15, 0.2) is 0 Å². The molecule has 0 atom stereocenters. The van der Waals surface area contributed by atoms with Crippen molar-refractivity contribution in [2.45, 2.75) is 18.4 Å². The minimum atomic E-state index is -0.400. The smallest absolute Gasteiger partial charge is 0.319 e. The van der Waals surface area contributed by atoms with Gasteiger partial charge in [0.2, 0.25) is 0 Å². The van der Waals surface area contributed by atoms with Crippen molar-refractivity contribution in [2.24, 2.45) is 0 Å². The van der Waals surface area contributed by atoms with Crippen molar-refractivity contribution in [1.29, 1.82) is 0 Å². The number of amides is 2. The number of methoxy groups -OCH3 is 1. The zero-order valence-electron chi connectivity index (χ0n) is 9.69. The summed E-state index contributed by atoms with van der Waals surface area (Å²) in [6.07, 6.45) is 1.66. The van der Waals surface area contributed by atoms with Crippen LogP contribution in [-0.2, 0) is 0 Å². The van der Waals surface area contributed by atoms with Gasteiger partial charge in [0, 0.05) is 11.8 Å². The summed E-state index contributed by atoms with van der Waals surface area (Å²) in [6.45, 7) is -0.0153. The van der Waals surface area contributed by atoms with E-state index in [1.54, 1.807) is 31.4 Å². The van der Waals surface area contributed by atoms with E-state index in [0.29, 0.717) is 11.4 Å². The quantitative estimate of drug-likeness (QED) is 0.738. The number of aliphatic hydroxyl groups excluding tert-OH is 1. The zero-order valence-corrected chi connectivity index (χ0v) is 9.69. The molecule has 0 unspecified atom stereocenters. The number of rotatable bonds is 4. The van der Waals surface area contributed by atoms with Gasteiger partial charge in [-0.25, -0.2) is 4.79 Å². The van der Waals surface area contributed by atoms with Gasteiger partial charge in [-0.05, 0) is 25.0 Å². The number of ether oxygens (including phenoxy) is 1. The van der Waals surface area contributed by atoms with Gasteiger partial charge in [0.1, 0.15) is 5.75 Å². The molecule has 0 radical (unpaired) electrons. The first-order chi connectivity index (χ1) is 8.17. The van der Waals surface area contributed by atoms with Gasteiger partial charge in [-0.2, -0.15) is 0 Å². The molecule has 5 heteroatoms. The zero-order chi connectivity index (χ0) is 12.3. The van der Waals surface area contributed by atoms with Crippen LogP contribution < -0.4 is 15.4 Å². The van der Waals surface area contributed by atoms with Crippen LogP contribution in [-0.4, -0.2) is 30.4 Å². The summed E-state index contributed by atoms with van der Waals surface area (Å²) in [4.78, 5) is 11.7. The van der Waals surface area contributed by atoms with E-state index in [1.807, 2.05) is 0 Å². The van der Waals surface area contributed by atoms with Crippen molar-refractivity contribution in [3.63, 3.8) is 0 Å². The standard InChI is InChI=1S/C12H16N2O3/c1-17-10-4-2-3-9(7-10)13-11(16)14-12(8-15)5-6-12/h2-4,7,15H,5-6,8H2,1H3,(H2,13,14,16). The Kier molecular flexibility index (Phi) is 3.19. The maximum atomic E-state index is 11.7. The second-order valence-electron chi connectivity index (χ2n) is 4.25. The summed E-state index contributed by atoms with van der Waals surface area (Å²) < 4.78 is 5.06. The van der Waals surface area contributed by atoms with E-state index in [-0.39, 0.29) is 12.6 Å². The normalized spacial score (nSPS) is 16.1. The van der Waals surface area contributed by atoms with E-state index in [0.717, 1.165) is 12.8 Å². The van der Waals surface area contributed by atoms with E-state index < -0.39 is 5.54 Å². The molecule has 1 aliphatic carbocycles. The predicted molar refractivity (Wildman–Crippen MR) is 64.2 cm³/mol.